The van der Waals surface area contributed by atoms with Crippen molar-refractivity contribution in [2.75, 3.05) is 0 Å². The maximum absolute atomic E-state index is 12.1. The van der Waals surface area contributed by atoms with Crippen LogP contribution in [-0.2, 0) is 17.7 Å². The second-order valence-corrected chi connectivity index (χ2v) is 5.55. The van der Waals surface area contributed by atoms with Gasteiger partial charge in [-0.3, -0.25) is 4.90 Å². The number of hydrogen-bond donors (Lipinski definition) is 0. The number of hydrogen-bond acceptors (Lipinski definition) is 2. The Morgan fingerprint density at radius 2 is 1.85 bits per heavy atom. The minimum atomic E-state index is -0.515. The highest BCUT2D eigenvalue weighted by molar-refractivity contribution is 5.69. The summed E-state index contributed by atoms with van der Waals surface area (Å²) in [6, 6.07) is 7.97. The molecule has 1 amide bonds. The number of allylic oxidation sites excluding steroid dienone is 1. The summed E-state index contributed by atoms with van der Waals surface area (Å²) >= 11 is 0. The Morgan fingerprint density at radius 1 is 1.25 bits per heavy atom. The summed E-state index contributed by atoms with van der Waals surface area (Å²) in [5.41, 5.74) is 1.70. The van der Waals surface area contributed by atoms with E-state index in [0.717, 1.165) is 17.5 Å². The lowest BCUT2D eigenvalue weighted by atomic mass is 10.0. The first-order valence-electron chi connectivity index (χ1n) is 6.67. The Kier molecular flexibility index (Phi) is 5.56. The maximum Gasteiger partial charge on any atom is 0.414 e. The van der Waals surface area contributed by atoms with Crippen molar-refractivity contribution in [3.8, 4) is 0 Å². The summed E-state index contributed by atoms with van der Waals surface area (Å²) in [4.78, 5) is 13.6. The van der Waals surface area contributed by atoms with E-state index in [-0.39, 0.29) is 6.09 Å². The highest BCUT2D eigenvalue weighted by atomic mass is 16.6. The first-order valence-corrected chi connectivity index (χ1v) is 6.67. The summed E-state index contributed by atoms with van der Waals surface area (Å²) in [7, 11) is 0. The van der Waals surface area contributed by atoms with Crippen LogP contribution in [0.5, 0.6) is 0 Å². The van der Waals surface area contributed by atoms with Gasteiger partial charge >= 0.3 is 6.09 Å². The molecule has 3 nitrogen and oxygen atoms in total. The molecule has 0 aliphatic rings. The standard InChI is InChI=1S/C17H23NO2/c1-6-10-14-11-8-9-12-15(14)13-18(7-2)16(19)20-17(3,4)5/h6-9,11-12H,1-2,10,13H2,3-5H3. The monoisotopic (exact) mass is 273 g/mol. The zero-order valence-electron chi connectivity index (χ0n) is 12.6. The number of benzene rings is 1. The van der Waals surface area contributed by atoms with Gasteiger partial charge in [0.2, 0.25) is 0 Å². The molecule has 20 heavy (non-hydrogen) atoms. The summed E-state index contributed by atoms with van der Waals surface area (Å²) in [5.74, 6) is 0. The minimum absolute atomic E-state index is 0.388. The largest absolute Gasteiger partial charge is 0.443 e. The fraction of sp³-hybridized carbons (Fsp3) is 0.353. The predicted octanol–water partition coefficient (Wildman–Crippen LogP) is 4.30. The van der Waals surface area contributed by atoms with E-state index in [1.165, 1.54) is 11.1 Å². The molecule has 3 heteroatoms. The Balaban J connectivity index is 2.86. The van der Waals surface area contributed by atoms with E-state index in [9.17, 15) is 4.79 Å². The molecule has 1 rings (SSSR count). The summed E-state index contributed by atoms with van der Waals surface area (Å²) in [6.45, 7) is 13.4. The molecular weight excluding hydrogens is 250 g/mol. The summed E-state index contributed by atoms with van der Waals surface area (Å²) < 4.78 is 5.36. The molecule has 0 unspecified atom stereocenters. The van der Waals surface area contributed by atoms with Crippen molar-refractivity contribution >= 4 is 6.09 Å². The molecule has 1 aromatic carbocycles. The zero-order chi connectivity index (χ0) is 15.2. The van der Waals surface area contributed by atoms with Crippen LogP contribution >= 0.6 is 0 Å². The highest BCUT2D eigenvalue weighted by Gasteiger charge is 2.21. The summed E-state index contributed by atoms with van der Waals surface area (Å²) in [6.07, 6.45) is 3.74. The van der Waals surface area contributed by atoms with Crippen molar-refractivity contribution in [2.45, 2.75) is 39.3 Å². The van der Waals surface area contributed by atoms with Gasteiger partial charge in [-0.2, -0.15) is 0 Å². The Hall–Kier alpha value is -2.03. The first kappa shape index (κ1) is 16.0. The predicted molar refractivity (Wildman–Crippen MR) is 82.3 cm³/mol. The van der Waals surface area contributed by atoms with Crippen LogP contribution in [0.1, 0.15) is 31.9 Å². The van der Waals surface area contributed by atoms with Crippen LogP contribution in [0.25, 0.3) is 0 Å². The molecule has 0 aromatic heterocycles. The Labute approximate surface area is 121 Å². The minimum Gasteiger partial charge on any atom is -0.443 e. The molecule has 0 atom stereocenters. The van der Waals surface area contributed by atoms with E-state index < -0.39 is 5.60 Å². The van der Waals surface area contributed by atoms with Crippen LogP contribution in [0.3, 0.4) is 0 Å². The third-order valence-corrected chi connectivity index (χ3v) is 2.67. The lowest BCUT2D eigenvalue weighted by Crippen LogP contribution is -2.33. The van der Waals surface area contributed by atoms with Crippen LogP contribution in [-0.4, -0.2) is 16.6 Å². The normalized spacial score (nSPS) is 10.8. The molecule has 0 fully saturated rings. The average Bonchev–Trinajstić information content (AvgIpc) is 2.35. The first-order chi connectivity index (χ1) is 9.37. The Morgan fingerprint density at radius 3 is 2.35 bits per heavy atom. The van der Waals surface area contributed by atoms with Crippen LogP contribution in [0.15, 0.2) is 49.7 Å². The van der Waals surface area contributed by atoms with Gasteiger partial charge in [0.25, 0.3) is 0 Å². The van der Waals surface area contributed by atoms with Gasteiger partial charge in [0.1, 0.15) is 5.60 Å². The van der Waals surface area contributed by atoms with Gasteiger partial charge < -0.3 is 4.74 Å². The van der Waals surface area contributed by atoms with E-state index >= 15 is 0 Å². The molecular formula is C17H23NO2. The zero-order valence-corrected chi connectivity index (χ0v) is 12.6. The number of ether oxygens (including phenoxy) is 1. The van der Waals surface area contributed by atoms with Crippen molar-refractivity contribution in [3.05, 3.63) is 60.8 Å². The number of carbonyl (C=O) groups excluding carboxylic acids is 1. The lowest BCUT2D eigenvalue weighted by Gasteiger charge is -2.25. The SMILES string of the molecule is C=CCc1ccccc1CN(C=C)C(=O)OC(C)(C)C. The quantitative estimate of drug-likeness (QED) is 0.749. The smallest absolute Gasteiger partial charge is 0.414 e. The van der Waals surface area contributed by atoms with Crippen molar-refractivity contribution in [1.29, 1.82) is 0 Å². The second-order valence-electron chi connectivity index (χ2n) is 5.55. The molecule has 0 N–H and O–H groups in total. The Bertz CT molecular complexity index is 486. The van der Waals surface area contributed by atoms with Gasteiger partial charge in [-0.15, -0.1) is 6.58 Å². The highest BCUT2D eigenvalue weighted by Crippen LogP contribution is 2.16. The topological polar surface area (TPSA) is 29.5 Å². The fourth-order valence-electron chi connectivity index (χ4n) is 1.77. The van der Waals surface area contributed by atoms with Gasteiger partial charge in [0.05, 0.1) is 6.54 Å². The molecule has 0 saturated carbocycles. The van der Waals surface area contributed by atoms with Gasteiger partial charge in [0.15, 0.2) is 0 Å². The molecule has 1 aromatic rings. The molecule has 0 spiro atoms. The van der Waals surface area contributed by atoms with Gasteiger partial charge in [-0.25, -0.2) is 4.79 Å². The van der Waals surface area contributed by atoms with E-state index in [4.69, 9.17) is 4.74 Å². The number of carbonyl (C=O) groups is 1. The van der Waals surface area contributed by atoms with Crippen molar-refractivity contribution in [1.82, 2.24) is 4.90 Å². The van der Waals surface area contributed by atoms with E-state index in [2.05, 4.69) is 13.2 Å². The van der Waals surface area contributed by atoms with Crippen LogP contribution in [0, 0.1) is 0 Å². The van der Waals surface area contributed by atoms with Crippen LogP contribution in [0.4, 0.5) is 4.79 Å². The number of rotatable bonds is 5. The van der Waals surface area contributed by atoms with Crippen molar-refractivity contribution in [2.24, 2.45) is 0 Å². The van der Waals surface area contributed by atoms with Crippen molar-refractivity contribution in [3.63, 3.8) is 0 Å². The molecule has 0 bridgehead atoms. The van der Waals surface area contributed by atoms with E-state index in [1.54, 1.807) is 0 Å². The third-order valence-electron chi connectivity index (χ3n) is 2.67. The third kappa shape index (κ3) is 4.92. The number of nitrogens with zero attached hydrogens (tertiary/aromatic N) is 1. The fourth-order valence-corrected chi connectivity index (χ4v) is 1.77. The van der Waals surface area contributed by atoms with Crippen molar-refractivity contribution < 1.29 is 9.53 Å². The maximum atomic E-state index is 12.1. The summed E-state index contributed by atoms with van der Waals surface area (Å²) in [5, 5.41) is 0. The van der Waals surface area contributed by atoms with Crippen LogP contribution in [0.2, 0.25) is 0 Å². The van der Waals surface area contributed by atoms with Gasteiger partial charge in [-0.05, 0) is 38.3 Å². The van der Waals surface area contributed by atoms with Gasteiger partial charge in [0, 0.05) is 6.20 Å². The number of amides is 1. The molecule has 0 saturated heterocycles. The molecule has 0 radical (unpaired) electrons. The van der Waals surface area contributed by atoms with E-state index in [0.29, 0.717) is 6.54 Å². The lowest BCUT2D eigenvalue weighted by molar-refractivity contribution is 0.0323. The molecule has 0 aliphatic heterocycles. The molecule has 0 heterocycles. The average molecular weight is 273 g/mol. The molecule has 0 aliphatic carbocycles. The van der Waals surface area contributed by atoms with E-state index in [1.807, 2.05) is 51.1 Å². The van der Waals surface area contributed by atoms with Crippen LogP contribution < -0.4 is 0 Å². The van der Waals surface area contributed by atoms with Gasteiger partial charge in [-0.1, -0.05) is 36.9 Å². The molecule has 108 valence electrons. The second kappa shape index (κ2) is 6.94.